The van der Waals surface area contributed by atoms with Crippen LogP contribution in [0.1, 0.15) is 29.8 Å². The van der Waals surface area contributed by atoms with Crippen LogP contribution in [0, 0.1) is 6.92 Å². The summed E-state index contributed by atoms with van der Waals surface area (Å²) in [4.78, 5) is 15.3. The lowest BCUT2D eigenvalue weighted by Crippen LogP contribution is -2.36. The van der Waals surface area contributed by atoms with Gasteiger partial charge in [0.25, 0.3) is 5.91 Å². The SMILES string of the molecule is CCN(CC)S(=O)(=O)c1cc2c(cc1N1CCSCC1)Oc1ccc(C)cc1NC2=O. The van der Waals surface area contributed by atoms with Crippen LogP contribution in [0.25, 0.3) is 0 Å². The van der Waals surface area contributed by atoms with Crippen LogP contribution in [-0.2, 0) is 10.0 Å². The average Bonchev–Trinajstić information content (AvgIpc) is 2.89. The van der Waals surface area contributed by atoms with Crippen LogP contribution < -0.4 is 15.0 Å². The van der Waals surface area contributed by atoms with Gasteiger partial charge in [-0.05, 0) is 30.7 Å². The smallest absolute Gasteiger partial charge is 0.259 e. The molecule has 0 unspecified atom stereocenters. The number of carbonyl (C=O) groups is 1. The van der Waals surface area contributed by atoms with E-state index >= 15 is 0 Å². The number of benzene rings is 2. The van der Waals surface area contributed by atoms with Crippen molar-refractivity contribution >= 4 is 39.1 Å². The molecule has 2 aliphatic heterocycles. The fourth-order valence-electron chi connectivity index (χ4n) is 3.91. The summed E-state index contributed by atoms with van der Waals surface area (Å²) >= 11 is 1.85. The number of carbonyl (C=O) groups excluding carboxylic acids is 1. The van der Waals surface area contributed by atoms with Gasteiger partial charge in [0.15, 0.2) is 5.75 Å². The van der Waals surface area contributed by atoms with Crippen molar-refractivity contribution in [3.05, 3.63) is 41.5 Å². The molecular weight excluding hydrogens is 434 g/mol. The van der Waals surface area contributed by atoms with Gasteiger partial charge in [0.05, 0.1) is 16.9 Å². The van der Waals surface area contributed by atoms with Crippen molar-refractivity contribution in [2.75, 3.05) is 47.9 Å². The highest BCUT2D eigenvalue weighted by Gasteiger charge is 2.32. The Morgan fingerprint density at radius 1 is 1.10 bits per heavy atom. The maximum atomic E-state index is 13.5. The van der Waals surface area contributed by atoms with Crippen LogP contribution in [0.3, 0.4) is 0 Å². The number of aryl methyl sites for hydroxylation is 1. The molecule has 2 aromatic rings. The summed E-state index contributed by atoms with van der Waals surface area (Å²) in [6.45, 7) is 7.77. The lowest BCUT2D eigenvalue weighted by Gasteiger charge is -2.32. The molecule has 1 N–H and O–H groups in total. The summed E-state index contributed by atoms with van der Waals surface area (Å²) in [6, 6.07) is 8.77. The third kappa shape index (κ3) is 4.14. The number of sulfonamides is 1. The molecule has 0 spiro atoms. The normalized spacial score (nSPS) is 16.3. The fraction of sp³-hybridized carbons (Fsp3) is 0.409. The van der Waals surface area contributed by atoms with Gasteiger partial charge in [0, 0.05) is 43.8 Å². The van der Waals surface area contributed by atoms with Crippen molar-refractivity contribution in [2.45, 2.75) is 25.7 Å². The number of fused-ring (bicyclic) bond motifs is 2. The first kappa shape index (κ1) is 22.0. The molecular formula is C22H27N3O4S2. The van der Waals surface area contributed by atoms with Crippen LogP contribution in [0.15, 0.2) is 35.2 Å². The van der Waals surface area contributed by atoms with E-state index in [-0.39, 0.29) is 16.4 Å². The molecule has 2 heterocycles. The predicted octanol–water partition coefficient (Wildman–Crippen LogP) is 3.94. The van der Waals surface area contributed by atoms with Crippen molar-refractivity contribution in [1.29, 1.82) is 0 Å². The number of amides is 1. The molecule has 31 heavy (non-hydrogen) atoms. The molecule has 0 atom stereocenters. The molecule has 9 heteroatoms. The van der Waals surface area contributed by atoms with Gasteiger partial charge in [-0.3, -0.25) is 4.79 Å². The van der Waals surface area contributed by atoms with E-state index in [1.807, 2.05) is 50.7 Å². The molecule has 0 aliphatic carbocycles. The van der Waals surface area contributed by atoms with E-state index in [2.05, 4.69) is 10.2 Å². The fourth-order valence-corrected chi connectivity index (χ4v) is 6.49. The van der Waals surface area contributed by atoms with Crippen LogP contribution in [0.2, 0.25) is 0 Å². The quantitative estimate of drug-likeness (QED) is 0.727. The molecule has 1 fully saturated rings. The number of hydrogen-bond donors (Lipinski definition) is 1. The molecule has 0 bridgehead atoms. The van der Waals surface area contributed by atoms with Gasteiger partial charge in [0.2, 0.25) is 10.0 Å². The van der Waals surface area contributed by atoms with Gasteiger partial charge in [-0.1, -0.05) is 19.9 Å². The van der Waals surface area contributed by atoms with Crippen molar-refractivity contribution in [3.8, 4) is 11.5 Å². The van der Waals surface area contributed by atoms with Gasteiger partial charge in [-0.15, -0.1) is 0 Å². The monoisotopic (exact) mass is 461 g/mol. The highest BCUT2D eigenvalue weighted by molar-refractivity contribution is 7.99. The second kappa shape index (κ2) is 8.72. The number of hydrogen-bond acceptors (Lipinski definition) is 6. The van der Waals surface area contributed by atoms with Crippen molar-refractivity contribution < 1.29 is 17.9 Å². The first-order valence-corrected chi connectivity index (χ1v) is 13.0. The molecule has 0 aromatic heterocycles. The Morgan fingerprint density at radius 3 is 2.48 bits per heavy atom. The Kier molecular flexibility index (Phi) is 6.18. The Morgan fingerprint density at radius 2 is 1.81 bits per heavy atom. The minimum atomic E-state index is -3.77. The third-order valence-electron chi connectivity index (χ3n) is 5.58. The summed E-state index contributed by atoms with van der Waals surface area (Å²) in [5.41, 5.74) is 2.37. The summed E-state index contributed by atoms with van der Waals surface area (Å²) in [6.07, 6.45) is 0. The van der Waals surface area contributed by atoms with E-state index in [1.54, 1.807) is 6.07 Å². The summed E-state index contributed by atoms with van der Waals surface area (Å²) in [5.74, 6) is 2.37. The zero-order chi connectivity index (χ0) is 22.2. The molecule has 1 amide bonds. The maximum Gasteiger partial charge on any atom is 0.259 e. The molecule has 4 rings (SSSR count). The standard InChI is InChI=1S/C22H27N3O4S2/c1-4-25(5-2)31(27,28)21-13-16-20(14-18(21)24-8-10-30-11-9-24)29-19-7-6-15(3)12-17(19)23-22(16)26/h6-7,12-14H,4-5,8-11H2,1-3H3,(H,23,26). The van der Waals surface area contributed by atoms with Crippen LogP contribution in [-0.4, -0.2) is 56.3 Å². The zero-order valence-electron chi connectivity index (χ0n) is 18.0. The largest absolute Gasteiger partial charge is 0.454 e. The first-order valence-electron chi connectivity index (χ1n) is 10.5. The second-order valence-electron chi connectivity index (χ2n) is 7.56. The van der Waals surface area contributed by atoms with Gasteiger partial charge < -0.3 is 15.0 Å². The second-order valence-corrected chi connectivity index (χ2v) is 10.7. The topological polar surface area (TPSA) is 79.0 Å². The van der Waals surface area contributed by atoms with E-state index < -0.39 is 10.0 Å². The van der Waals surface area contributed by atoms with E-state index in [9.17, 15) is 13.2 Å². The van der Waals surface area contributed by atoms with Crippen molar-refractivity contribution in [1.82, 2.24) is 4.31 Å². The van der Waals surface area contributed by atoms with E-state index in [0.717, 1.165) is 30.2 Å². The van der Waals surface area contributed by atoms with E-state index in [0.29, 0.717) is 36.0 Å². The third-order valence-corrected chi connectivity index (χ3v) is 8.61. The summed E-state index contributed by atoms with van der Waals surface area (Å²) in [7, 11) is -3.77. The van der Waals surface area contributed by atoms with E-state index in [1.165, 1.54) is 10.4 Å². The molecule has 0 radical (unpaired) electrons. The molecule has 2 aliphatic rings. The number of nitrogens with zero attached hydrogens (tertiary/aromatic N) is 2. The van der Waals surface area contributed by atoms with Gasteiger partial charge in [-0.2, -0.15) is 16.1 Å². The van der Waals surface area contributed by atoms with Crippen molar-refractivity contribution in [2.24, 2.45) is 0 Å². The van der Waals surface area contributed by atoms with Crippen LogP contribution >= 0.6 is 11.8 Å². The highest BCUT2D eigenvalue weighted by Crippen LogP contribution is 2.41. The molecule has 0 saturated carbocycles. The maximum absolute atomic E-state index is 13.5. The number of thioether (sulfide) groups is 1. The highest BCUT2D eigenvalue weighted by atomic mass is 32.2. The molecule has 1 saturated heterocycles. The lowest BCUT2D eigenvalue weighted by molar-refractivity contribution is 0.102. The molecule has 166 valence electrons. The number of nitrogens with one attached hydrogen (secondary N) is 1. The lowest BCUT2D eigenvalue weighted by atomic mass is 10.1. The zero-order valence-corrected chi connectivity index (χ0v) is 19.6. The molecule has 7 nitrogen and oxygen atoms in total. The van der Waals surface area contributed by atoms with Gasteiger partial charge in [-0.25, -0.2) is 8.42 Å². The minimum Gasteiger partial charge on any atom is -0.454 e. The minimum absolute atomic E-state index is 0.155. The van der Waals surface area contributed by atoms with Crippen LogP contribution in [0.4, 0.5) is 11.4 Å². The molecule has 2 aromatic carbocycles. The Bertz CT molecular complexity index is 1110. The number of anilines is 2. The Hall–Kier alpha value is -2.23. The van der Waals surface area contributed by atoms with Gasteiger partial charge >= 0.3 is 0 Å². The predicted molar refractivity (Wildman–Crippen MR) is 125 cm³/mol. The average molecular weight is 462 g/mol. The first-order chi connectivity index (χ1) is 14.8. The number of ether oxygens (including phenoxy) is 1. The Balaban J connectivity index is 1.90. The summed E-state index contributed by atoms with van der Waals surface area (Å²) in [5, 5.41) is 2.86. The Labute approximate surface area is 187 Å². The summed E-state index contributed by atoms with van der Waals surface area (Å²) < 4.78 is 34.6. The van der Waals surface area contributed by atoms with Crippen LogP contribution in [0.5, 0.6) is 11.5 Å². The van der Waals surface area contributed by atoms with Crippen molar-refractivity contribution in [3.63, 3.8) is 0 Å². The van der Waals surface area contributed by atoms with Gasteiger partial charge in [0.1, 0.15) is 10.6 Å². The van der Waals surface area contributed by atoms with E-state index in [4.69, 9.17) is 4.74 Å². The number of rotatable bonds is 5.